The quantitative estimate of drug-likeness (QED) is 0.319. The molecule has 26 heavy (non-hydrogen) atoms. The second-order valence-electron chi connectivity index (χ2n) is 6.17. The van der Waals surface area contributed by atoms with Gasteiger partial charge in [-0.15, -0.1) is 10.2 Å². The van der Waals surface area contributed by atoms with Crippen molar-refractivity contribution in [3.05, 3.63) is 88.5 Å². The van der Waals surface area contributed by atoms with Crippen molar-refractivity contribution in [1.29, 1.82) is 0 Å². The van der Waals surface area contributed by atoms with Gasteiger partial charge in [-0.3, -0.25) is 4.40 Å². The fourth-order valence-electron chi connectivity index (χ4n) is 3.33. The minimum Gasteiger partial charge on any atom is -0.274 e. The number of aromatic nitrogens is 3. The molecule has 0 saturated carbocycles. The van der Waals surface area contributed by atoms with Crippen molar-refractivity contribution in [2.45, 2.75) is 0 Å². The van der Waals surface area contributed by atoms with Gasteiger partial charge in [0.1, 0.15) is 0 Å². The molecule has 0 aliphatic rings. The summed E-state index contributed by atoms with van der Waals surface area (Å²) >= 11 is 2.32. The second kappa shape index (κ2) is 6.21. The maximum Gasteiger partial charge on any atom is 0.169 e. The Labute approximate surface area is 164 Å². The highest BCUT2D eigenvalue weighted by Crippen LogP contribution is 2.31. The van der Waals surface area contributed by atoms with Gasteiger partial charge in [-0.1, -0.05) is 66.7 Å². The van der Waals surface area contributed by atoms with Gasteiger partial charge in [0.2, 0.25) is 0 Å². The Morgan fingerprint density at radius 2 is 1.42 bits per heavy atom. The molecular weight excluding hydrogens is 433 g/mol. The molecule has 0 unspecified atom stereocenters. The average Bonchev–Trinajstić information content (AvgIpc) is 3.14. The zero-order chi connectivity index (χ0) is 17.5. The average molecular weight is 447 g/mol. The van der Waals surface area contributed by atoms with E-state index < -0.39 is 0 Å². The fraction of sp³-hybridized carbons (Fsp3) is 0. The molecule has 0 bridgehead atoms. The van der Waals surface area contributed by atoms with Crippen LogP contribution in [0.1, 0.15) is 0 Å². The van der Waals surface area contributed by atoms with Gasteiger partial charge in [0.05, 0.1) is 5.69 Å². The van der Waals surface area contributed by atoms with Crippen LogP contribution in [0, 0.1) is 3.57 Å². The molecule has 0 N–H and O–H groups in total. The molecule has 0 spiro atoms. The second-order valence-corrected chi connectivity index (χ2v) is 7.42. The van der Waals surface area contributed by atoms with Crippen LogP contribution in [0.3, 0.4) is 0 Å². The van der Waals surface area contributed by atoms with E-state index in [-0.39, 0.29) is 0 Å². The first-order chi connectivity index (χ1) is 12.8. The molecule has 2 heterocycles. The Morgan fingerprint density at radius 1 is 0.692 bits per heavy atom. The Hall–Kier alpha value is -2.73. The van der Waals surface area contributed by atoms with Crippen LogP contribution in [0.4, 0.5) is 0 Å². The summed E-state index contributed by atoms with van der Waals surface area (Å²) in [6, 6.07) is 29.4. The third kappa shape index (κ3) is 2.49. The van der Waals surface area contributed by atoms with E-state index in [9.17, 15) is 0 Å². The SMILES string of the molecule is Ic1ccc(-c2nnc3c4ccccc4cc(-c4ccccc4)n23)cc1. The molecule has 0 saturated heterocycles. The van der Waals surface area contributed by atoms with Gasteiger partial charge in [0, 0.05) is 14.5 Å². The lowest BCUT2D eigenvalue weighted by molar-refractivity contribution is 1.11. The topological polar surface area (TPSA) is 30.2 Å². The van der Waals surface area contributed by atoms with E-state index in [2.05, 4.69) is 110 Å². The summed E-state index contributed by atoms with van der Waals surface area (Å²) in [5.41, 5.74) is 4.19. The summed E-state index contributed by atoms with van der Waals surface area (Å²) in [6.45, 7) is 0. The molecule has 0 aliphatic carbocycles. The van der Waals surface area contributed by atoms with Gasteiger partial charge in [0.15, 0.2) is 11.5 Å². The van der Waals surface area contributed by atoms with E-state index >= 15 is 0 Å². The first kappa shape index (κ1) is 15.5. The number of halogens is 1. The van der Waals surface area contributed by atoms with Gasteiger partial charge in [-0.05, 0) is 51.7 Å². The third-order valence-electron chi connectivity index (χ3n) is 4.57. The number of hydrogen-bond acceptors (Lipinski definition) is 2. The molecule has 5 rings (SSSR count). The molecule has 5 aromatic rings. The molecule has 0 amide bonds. The predicted molar refractivity (Wildman–Crippen MR) is 114 cm³/mol. The highest BCUT2D eigenvalue weighted by molar-refractivity contribution is 14.1. The number of hydrogen-bond donors (Lipinski definition) is 0. The lowest BCUT2D eigenvalue weighted by atomic mass is 10.1. The number of nitrogens with zero attached hydrogens (tertiary/aromatic N) is 3. The summed E-state index contributed by atoms with van der Waals surface area (Å²) in [7, 11) is 0. The summed E-state index contributed by atoms with van der Waals surface area (Å²) in [4.78, 5) is 0. The smallest absolute Gasteiger partial charge is 0.169 e. The summed E-state index contributed by atoms with van der Waals surface area (Å²) in [5.74, 6) is 0.862. The van der Waals surface area contributed by atoms with Crippen molar-refractivity contribution in [2.24, 2.45) is 0 Å². The molecule has 0 fully saturated rings. The first-order valence-corrected chi connectivity index (χ1v) is 9.47. The summed E-state index contributed by atoms with van der Waals surface area (Å²) < 4.78 is 3.37. The molecule has 0 radical (unpaired) electrons. The largest absolute Gasteiger partial charge is 0.274 e. The summed E-state index contributed by atoms with van der Waals surface area (Å²) in [6.07, 6.45) is 0. The lowest BCUT2D eigenvalue weighted by Gasteiger charge is -2.11. The van der Waals surface area contributed by atoms with E-state index in [4.69, 9.17) is 0 Å². The van der Waals surface area contributed by atoms with Gasteiger partial charge in [-0.25, -0.2) is 0 Å². The number of rotatable bonds is 2. The van der Waals surface area contributed by atoms with Crippen molar-refractivity contribution < 1.29 is 0 Å². The molecular formula is C22H14IN3. The van der Waals surface area contributed by atoms with Gasteiger partial charge in [0.25, 0.3) is 0 Å². The van der Waals surface area contributed by atoms with Crippen molar-refractivity contribution in [3.8, 4) is 22.6 Å². The number of pyridine rings is 1. The zero-order valence-electron chi connectivity index (χ0n) is 13.8. The normalized spacial score (nSPS) is 11.3. The van der Waals surface area contributed by atoms with E-state index in [0.717, 1.165) is 33.7 Å². The maximum atomic E-state index is 4.54. The van der Waals surface area contributed by atoms with Gasteiger partial charge < -0.3 is 0 Å². The van der Waals surface area contributed by atoms with Crippen LogP contribution in [0.5, 0.6) is 0 Å². The molecule has 0 aliphatic heterocycles. The van der Waals surface area contributed by atoms with Crippen molar-refractivity contribution in [2.75, 3.05) is 0 Å². The van der Waals surface area contributed by atoms with Gasteiger partial charge in [-0.2, -0.15) is 0 Å². The first-order valence-electron chi connectivity index (χ1n) is 8.39. The minimum absolute atomic E-state index is 0.862. The van der Waals surface area contributed by atoms with E-state index in [0.29, 0.717) is 0 Å². The monoisotopic (exact) mass is 447 g/mol. The van der Waals surface area contributed by atoms with Crippen LogP contribution in [-0.2, 0) is 0 Å². The Bertz CT molecular complexity index is 1230. The Morgan fingerprint density at radius 3 is 2.23 bits per heavy atom. The number of benzene rings is 3. The third-order valence-corrected chi connectivity index (χ3v) is 5.29. The summed E-state index contributed by atoms with van der Waals surface area (Å²) in [5, 5.41) is 11.4. The molecule has 2 aromatic heterocycles. The standard InChI is InChI=1S/C22H14IN3/c23-18-12-10-16(11-13-18)21-24-25-22-19-9-5-4-8-17(19)14-20(26(21)22)15-6-2-1-3-7-15/h1-14H. The van der Waals surface area contributed by atoms with E-state index in [1.807, 2.05) is 12.1 Å². The van der Waals surface area contributed by atoms with Crippen LogP contribution in [-0.4, -0.2) is 14.6 Å². The van der Waals surface area contributed by atoms with Crippen LogP contribution in [0.15, 0.2) is 84.9 Å². The molecule has 124 valence electrons. The van der Waals surface area contributed by atoms with Crippen molar-refractivity contribution in [3.63, 3.8) is 0 Å². The predicted octanol–water partition coefficient (Wildman–Crippen LogP) is 5.82. The molecule has 3 aromatic carbocycles. The number of fused-ring (bicyclic) bond motifs is 3. The van der Waals surface area contributed by atoms with E-state index in [1.54, 1.807) is 0 Å². The maximum absolute atomic E-state index is 4.54. The van der Waals surface area contributed by atoms with Crippen LogP contribution >= 0.6 is 22.6 Å². The van der Waals surface area contributed by atoms with Crippen LogP contribution in [0.25, 0.3) is 39.1 Å². The molecule has 0 atom stereocenters. The highest BCUT2D eigenvalue weighted by atomic mass is 127. The van der Waals surface area contributed by atoms with Gasteiger partial charge >= 0.3 is 0 Å². The van der Waals surface area contributed by atoms with Crippen LogP contribution < -0.4 is 0 Å². The lowest BCUT2D eigenvalue weighted by Crippen LogP contribution is -1.96. The molecule has 4 heteroatoms. The zero-order valence-corrected chi connectivity index (χ0v) is 16.0. The minimum atomic E-state index is 0.862. The van der Waals surface area contributed by atoms with Crippen LogP contribution in [0.2, 0.25) is 0 Å². The highest BCUT2D eigenvalue weighted by Gasteiger charge is 2.15. The Balaban J connectivity index is 1.91. The Kier molecular flexibility index (Phi) is 3.71. The molecule has 3 nitrogen and oxygen atoms in total. The van der Waals surface area contributed by atoms with Crippen molar-refractivity contribution in [1.82, 2.24) is 14.6 Å². The van der Waals surface area contributed by atoms with E-state index in [1.165, 1.54) is 8.96 Å². The van der Waals surface area contributed by atoms with Crippen molar-refractivity contribution >= 4 is 39.0 Å². The fourth-order valence-corrected chi connectivity index (χ4v) is 3.69.